The van der Waals surface area contributed by atoms with Crippen molar-refractivity contribution in [1.29, 1.82) is 0 Å². The maximum Gasteiger partial charge on any atom is 0.304 e. The van der Waals surface area contributed by atoms with Crippen molar-refractivity contribution in [2.24, 2.45) is 0 Å². The Morgan fingerprint density at radius 2 is 2.29 bits per heavy atom. The highest BCUT2D eigenvalue weighted by atomic mass is 16.4. The molecule has 5 heteroatoms. The van der Waals surface area contributed by atoms with Crippen LogP contribution < -0.4 is 5.32 Å². The summed E-state index contributed by atoms with van der Waals surface area (Å²) in [5.41, 5.74) is 0. The molecule has 1 heterocycles. The van der Waals surface area contributed by atoms with Gasteiger partial charge in [-0.1, -0.05) is 0 Å². The van der Waals surface area contributed by atoms with Crippen molar-refractivity contribution in [1.82, 2.24) is 10.2 Å². The lowest BCUT2D eigenvalue weighted by molar-refractivity contribution is -0.137. The van der Waals surface area contributed by atoms with E-state index in [1.807, 2.05) is 0 Å². The van der Waals surface area contributed by atoms with Crippen molar-refractivity contribution >= 4 is 11.9 Å². The molecule has 1 rings (SSSR count). The Balaban J connectivity index is 2.16. The summed E-state index contributed by atoms with van der Waals surface area (Å²) >= 11 is 0. The molecular weight excluding hydrogens is 184 g/mol. The third-order valence-electron chi connectivity index (χ3n) is 2.41. The summed E-state index contributed by atoms with van der Waals surface area (Å²) in [6, 6.07) is 0.262. The predicted octanol–water partition coefficient (Wildman–Crippen LogP) is -0.328. The van der Waals surface area contributed by atoms with Gasteiger partial charge in [0.15, 0.2) is 0 Å². The molecule has 5 nitrogen and oxygen atoms in total. The molecule has 0 unspecified atom stereocenters. The first kappa shape index (κ1) is 11.0. The molecule has 0 bridgehead atoms. The van der Waals surface area contributed by atoms with Gasteiger partial charge in [-0.3, -0.25) is 9.59 Å². The van der Waals surface area contributed by atoms with Crippen LogP contribution in [0.3, 0.4) is 0 Å². The Hall–Kier alpha value is -1.10. The van der Waals surface area contributed by atoms with E-state index in [2.05, 4.69) is 5.32 Å². The number of nitrogens with one attached hydrogen (secondary N) is 1. The molecule has 0 radical (unpaired) electrons. The Labute approximate surface area is 83.1 Å². The van der Waals surface area contributed by atoms with Crippen LogP contribution in [0.2, 0.25) is 0 Å². The molecule has 2 N–H and O–H groups in total. The Morgan fingerprint density at radius 3 is 2.79 bits per heavy atom. The highest BCUT2D eigenvalue weighted by Crippen LogP contribution is 2.08. The normalized spacial score (nSPS) is 21.2. The van der Waals surface area contributed by atoms with E-state index in [1.54, 1.807) is 11.8 Å². The average Bonchev–Trinajstić information content (AvgIpc) is 2.52. The first-order valence-electron chi connectivity index (χ1n) is 4.80. The summed E-state index contributed by atoms with van der Waals surface area (Å²) in [6.45, 7) is 3.51. The number of aliphatic carboxylic acids is 1. The second-order valence-corrected chi connectivity index (χ2v) is 3.55. The lowest BCUT2D eigenvalue weighted by atomic mass is 10.2. The van der Waals surface area contributed by atoms with Gasteiger partial charge in [0.25, 0.3) is 0 Å². The van der Waals surface area contributed by atoms with Gasteiger partial charge in [0.2, 0.25) is 5.91 Å². The molecule has 1 fully saturated rings. The van der Waals surface area contributed by atoms with Crippen molar-refractivity contribution in [3.05, 3.63) is 0 Å². The second kappa shape index (κ2) is 4.95. The largest absolute Gasteiger partial charge is 0.481 e. The molecule has 0 aliphatic carbocycles. The number of carboxylic acid groups (broad SMARTS) is 1. The van der Waals surface area contributed by atoms with Crippen LogP contribution in [0.5, 0.6) is 0 Å². The summed E-state index contributed by atoms with van der Waals surface area (Å²) in [5, 5.41) is 11.5. The number of carbonyl (C=O) groups is 2. The first-order chi connectivity index (χ1) is 6.59. The van der Waals surface area contributed by atoms with Crippen molar-refractivity contribution < 1.29 is 14.7 Å². The van der Waals surface area contributed by atoms with Gasteiger partial charge in [-0.25, -0.2) is 0 Å². The van der Waals surface area contributed by atoms with Crippen LogP contribution in [-0.4, -0.2) is 47.6 Å². The molecular formula is C9H16N2O3. The van der Waals surface area contributed by atoms with Crippen LogP contribution in [0, 0.1) is 0 Å². The molecule has 1 amide bonds. The van der Waals surface area contributed by atoms with E-state index in [0.29, 0.717) is 13.1 Å². The van der Waals surface area contributed by atoms with E-state index in [4.69, 9.17) is 5.11 Å². The topological polar surface area (TPSA) is 69.6 Å². The number of likely N-dealkylation sites (tertiary alicyclic amines) is 1. The molecule has 1 saturated heterocycles. The van der Waals surface area contributed by atoms with Crippen LogP contribution in [-0.2, 0) is 9.59 Å². The van der Waals surface area contributed by atoms with Gasteiger partial charge in [0.1, 0.15) is 0 Å². The van der Waals surface area contributed by atoms with Crippen LogP contribution >= 0.6 is 0 Å². The van der Waals surface area contributed by atoms with Gasteiger partial charge in [-0.05, 0) is 6.42 Å². The zero-order valence-corrected chi connectivity index (χ0v) is 8.32. The third kappa shape index (κ3) is 3.33. The van der Waals surface area contributed by atoms with Gasteiger partial charge in [0, 0.05) is 32.6 Å². The zero-order valence-electron chi connectivity index (χ0n) is 8.32. The smallest absolute Gasteiger partial charge is 0.304 e. The van der Waals surface area contributed by atoms with Crippen LogP contribution in [0.15, 0.2) is 0 Å². The number of carboxylic acids is 1. The van der Waals surface area contributed by atoms with E-state index in [-0.39, 0.29) is 18.4 Å². The van der Waals surface area contributed by atoms with Crippen LogP contribution in [0.25, 0.3) is 0 Å². The van der Waals surface area contributed by atoms with Crippen molar-refractivity contribution in [2.75, 3.05) is 19.6 Å². The van der Waals surface area contributed by atoms with Gasteiger partial charge in [-0.2, -0.15) is 0 Å². The van der Waals surface area contributed by atoms with E-state index in [9.17, 15) is 9.59 Å². The number of hydrogen-bond acceptors (Lipinski definition) is 3. The number of carbonyl (C=O) groups excluding carboxylic acids is 1. The average molecular weight is 200 g/mol. The fourth-order valence-electron chi connectivity index (χ4n) is 1.60. The summed E-state index contributed by atoms with van der Waals surface area (Å²) in [5.74, 6) is -0.702. The minimum absolute atomic E-state index is 0.0903. The van der Waals surface area contributed by atoms with Crippen molar-refractivity contribution in [3.63, 3.8) is 0 Å². The molecule has 0 aromatic carbocycles. The lowest BCUT2D eigenvalue weighted by Gasteiger charge is -2.14. The quantitative estimate of drug-likeness (QED) is 0.652. The van der Waals surface area contributed by atoms with E-state index < -0.39 is 5.97 Å². The van der Waals surface area contributed by atoms with Gasteiger partial charge in [-0.15, -0.1) is 0 Å². The third-order valence-corrected chi connectivity index (χ3v) is 2.41. The monoisotopic (exact) mass is 200 g/mol. The number of nitrogens with zero attached hydrogens (tertiary/aromatic N) is 1. The highest BCUT2D eigenvalue weighted by Gasteiger charge is 2.23. The van der Waals surface area contributed by atoms with Gasteiger partial charge in [0.05, 0.1) is 6.42 Å². The molecule has 80 valence electrons. The summed E-state index contributed by atoms with van der Waals surface area (Å²) < 4.78 is 0. The predicted molar refractivity (Wildman–Crippen MR) is 50.9 cm³/mol. The number of amides is 1. The summed E-state index contributed by atoms with van der Waals surface area (Å²) in [4.78, 5) is 23.0. The fourth-order valence-corrected chi connectivity index (χ4v) is 1.60. The van der Waals surface area contributed by atoms with Gasteiger partial charge < -0.3 is 15.3 Å². The van der Waals surface area contributed by atoms with Crippen LogP contribution in [0.4, 0.5) is 0 Å². The lowest BCUT2D eigenvalue weighted by Crippen LogP contribution is -2.35. The Bertz CT molecular complexity index is 230. The maximum atomic E-state index is 11.0. The minimum atomic E-state index is -0.793. The molecule has 1 aliphatic heterocycles. The van der Waals surface area contributed by atoms with Crippen LogP contribution in [0.1, 0.15) is 19.8 Å². The van der Waals surface area contributed by atoms with Gasteiger partial charge >= 0.3 is 5.97 Å². The molecule has 14 heavy (non-hydrogen) atoms. The van der Waals surface area contributed by atoms with Crippen molar-refractivity contribution in [2.45, 2.75) is 25.8 Å². The Morgan fingerprint density at radius 1 is 1.57 bits per heavy atom. The van der Waals surface area contributed by atoms with Crippen molar-refractivity contribution in [3.8, 4) is 0 Å². The van der Waals surface area contributed by atoms with E-state index >= 15 is 0 Å². The minimum Gasteiger partial charge on any atom is -0.481 e. The zero-order chi connectivity index (χ0) is 10.6. The molecule has 0 saturated carbocycles. The molecule has 0 aromatic heterocycles. The molecule has 0 spiro atoms. The Kier molecular flexibility index (Phi) is 3.88. The summed E-state index contributed by atoms with van der Waals surface area (Å²) in [7, 11) is 0. The second-order valence-electron chi connectivity index (χ2n) is 3.55. The number of hydrogen-bond donors (Lipinski definition) is 2. The molecule has 1 atom stereocenters. The molecule has 0 aromatic rings. The van der Waals surface area contributed by atoms with E-state index in [1.165, 1.54) is 0 Å². The maximum absolute atomic E-state index is 11.0. The van der Waals surface area contributed by atoms with E-state index in [0.717, 1.165) is 13.0 Å². The fraction of sp³-hybridized carbons (Fsp3) is 0.778. The first-order valence-corrected chi connectivity index (χ1v) is 4.80. The number of rotatable bonds is 4. The SMILES string of the molecule is CC(=O)N1CC[C@H](NCCC(=O)O)C1. The standard InChI is InChI=1S/C9H16N2O3/c1-7(12)11-5-3-8(6-11)10-4-2-9(13)14/h8,10H,2-6H2,1H3,(H,13,14)/t8-/m0/s1. The molecule has 1 aliphatic rings. The summed E-state index contributed by atoms with van der Waals surface area (Å²) in [6.07, 6.45) is 1.05. The highest BCUT2D eigenvalue weighted by molar-refractivity contribution is 5.73.